The molecule has 0 N–H and O–H groups in total. The van der Waals surface area contributed by atoms with Crippen molar-refractivity contribution in [1.29, 1.82) is 0 Å². The molecule has 2 aromatic rings. The molecule has 1 fully saturated rings. The van der Waals surface area contributed by atoms with Crippen molar-refractivity contribution in [3.8, 4) is 0 Å². The summed E-state index contributed by atoms with van der Waals surface area (Å²) in [5, 5.41) is 2.39. The van der Waals surface area contributed by atoms with Gasteiger partial charge in [0, 0.05) is 18.1 Å². The predicted molar refractivity (Wildman–Crippen MR) is 140 cm³/mol. The Bertz CT molecular complexity index is 970. The largest absolute Gasteiger partial charge is 0.466 e. The van der Waals surface area contributed by atoms with Crippen molar-refractivity contribution in [3.05, 3.63) is 72.8 Å². The van der Waals surface area contributed by atoms with Crippen LogP contribution in [0.4, 0.5) is 0 Å². The molecule has 2 aromatic carbocycles. The maximum Gasteiger partial charge on any atom is 0.330 e. The van der Waals surface area contributed by atoms with Gasteiger partial charge in [-0.25, -0.2) is 4.79 Å². The molecule has 0 spiro atoms. The minimum atomic E-state index is -2.64. The molecule has 0 aromatic heterocycles. The molecule has 182 valence electrons. The van der Waals surface area contributed by atoms with E-state index in [1.807, 2.05) is 18.2 Å². The fourth-order valence-corrected chi connectivity index (χ4v) is 10.1. The molecule has 0 unspecified atom stereocenters. The van der Waals surface area contributed by atoms with Crippen LogP contribution in [0.5, 0.6) is 0 Å². The second-order valence-electron chi connectivity index (χ2n) is 10.5. The molecule has 3 rings (SSSR count). The molecule has 1 aliphatic rings. The Labute approximate surface area is 205 Å². The first-order valence-electron chi connectivity index (χ1n) is 12.1. The number of carbonyl (C=O) groups is 2. The van der Waals surface area contributed by atoms with E-state index in [4.69, 9.17) is 4.43 Å². The van der Waals surface area contributed by atoms with Gasteiger partial charge in [-0.15, -0.1) is 0 Å². The van der Waals surface area contributed by atoms with Gasteiger partial charge in [0.25, 0.3) is 8.32 Å². The summed E-state index contributed by atoms with van der Waals surface area (Å²) < 4.78 is 11.8. The van der Waals surface area contributed by atoms with Crippen molar-refractivity contribution in [3.63, 3.8) is 0 Å². The highest BCUT2D eigenvalue weighted by Gasteiger charge is 2.64. The zero-order valence-corrected chi connectivity index (χ0v) is 22.3. The number of carbonyl (C=O) groups excluding carboxylic acids is 2. The van der Waals surface area contributed by atoms with Crippen molar-refractivity contribution < 1.29 is 18.8 Å². The highest BCUT2D eigenvalue weighted by molar-refractivity contribution is 6.99. The molecule has 0 amide bonds. The van der Waals surface area contributed by atoms with Crippen LogP contribution in [0.1, 0.15) is 47.5 Å². The summed E-state index contributed by atoms with van der Waals surface area (Å²) in [7, 11) is -1.27. The average molecular weight is 479 g/mol. The van der Waals surface area contributed by atoms with Crippen LogP contribution in [0.15, 0.2) is 72.8 Å². The molecule has 0 radical (unpaired) electrons. The minimum Gasteiger partial charge on any atom is -0.466 e. The van der Waals surface area contributed by atoms with Crippen LogP contribution in [-0.2, 0) is 18.8 Å². The van der Waals surface area contributed by atoms with Crippen LogP contribution in [0.2, 0.25) is 5.04 Å². The average Bonchev–Trinajstić information content (AvgIpc) is 3.41. The number of rotatable bonds is 10. The Balaban J connectivity index is 1.89. The summed E-state index contributed by atoms with van der Waals surface area (Å²) in [6.45, 7) is 11.1. The van der Waals surface area contributed by atoms with Gasteiger partial charge in [-0.3, -0.25) is 4.79 Å². The number of hydrogen-bond acceptors (Lipinski definition) is 4. The summed E-state index contributed by atoms with van der Waals surface area (Å²) in [5.41, 5.74) is -0.384. The van der Waals surface area contributed by atoms with Crippen molar-refractivity contribution >= 4 is 30.4 Å². The van der Waals surface area contributed by atoms with Crippen molar-refractivity contribution in [2.24, 2.45) is 17.3 Å². The van der Waals surface area contributed by atoms with Gasteiger partial charge in [0.15, 0.2) is 0 Å². The van der Waals surface area contributed by atoms with E-state index < -0.39 is 8.32 Å². The molecule has 4 nitrogen and oxygen atoms in total. The number of ether oxygens (including phenoxy) is 1. The Kier molecular flexibility index (Phi) is 7.99. The van der Waals surface area contributed by atoms with Crippen LogP contribution >= 0.6 is 0 Å². The molecule has 0 heterocycles. The zero-order valence-electron chi connectivity index (χ0n) is 21.3. The summed E-state index contributed by atoms with van der Waals surface area (Å²) in [6, 6.07) is 21.2. The van der Waals surface area contributed by atoms with E-state index in [2.05, 4.69) is 81.0 Å². The summed E-state index contributed by atoms with van der Waals surface area (Å²) in [5.74, 6) is 0.269. The number of methoxy groups -OCH3 is 1. The lowest BCUT2D eigenvalue weighted by Gasteiger charge is -2.43. The monoisotopic (exact) mass is 478 g/mol. The quantitative estimate of drug-likeness (QED) is 0.276. The standard InChI is InChI=1S/C29H38O4Si/c1-22(30)29(5)25(19-13-14-20-27(31)32-6)26(29)21-33-34(28(2,3)4,23-15-9-7-10-16-23)24-17-11-8-12-18-24/h7-12,14-18,20,25-26H,13,19,21H2,1-6H3/b20-14+/t25-,26-,29-/m1/s1. The molecule has 5 heteroatoms. The minimum absolute atomic E-state index is 0.101. The molecule has 1 saturated carbocycles. The topological polar surface area (TPSA) is 52.6 Å². The van der Waals surface area contributed by atoms with E-state index in [0.717, 1.165) is 12.8 Å². The van der Waals surface area contributed by atoms with Gasteiger partial charge >= 0.3 is 5.97 Å². The number of ketones is 1. The number of hydrogen-bond donors (Lipinski definition) is 0. The van der Waals surface area contributed by atoms with Gasteiger partial charge in [0.1, 0.15) is 5.78 Å². The van der Waals surface area contributed by atoms with Gasteiger partial charge in [0.2, 0.25) is 0 Å². The fraction of sp³-hybridized carbons (Fsp3) is 0.448. The van der Waals surface area contributed by atoms with Crippen LogP contribution in [-0.4, -0.2) is 33.8 Å². The molecule has 3 atom stereocenters. The maximum atomic E-state index is 12.7. The first-order valence-corrected chi connectivity index (χ1v) is 14.0. The molecular formula is C29H38O4Si. The highest BCUT2D eigenvalue weighted by atomic mass is 28.4. The first kappa shape index (κ1) is 26.1. The fourth-order valence-electron chi connectivity index (χ4n) is 5.51. The van der Waals surface area contributed by atoms with Gasteiger partial charge < -0.3 is 9.16 Å². The number of benzene rings is 2. The maximum absolute atomic E-state index is 12.7. The van der Waals surface area contributed by atoms with Gasteiger partial charge in [-0.05, 0) is 47.0 Å². The van der Waals surface area contributed by atoms with Crippen molar-refractivity contribution in [2.75, 3.05) is 13.7 Å². The Morgan fingerprint density at radius 3 is 1.94 bits per heavy atom. The number of allylic oxidation sites excluding steroid dienone is 1. The zero-order chi connectivity index (χ0) is 25.0. The molecule has 0 saturated heterocycles. The van der Waals surface area contributed by atoms with Crippen LogP contribution in [0.25, 0.3) is 0 Å². The smallest absolute Gasteiger partial charge is 0.330 e. The Hall–Kier alpha value is -2.50. The van der Waals surface area contributed by atoms with Crippen LogP contribution in [0.3, 0.4) is 0 Å². The second kappa shape index (κ2) is 10.4. The molecule has 1 aliphatic carbocycles. The molecular weight excluding hydrogens is 440 g/mol. The van der Waals surface area contributed by atoms with E-state index in [1.165, 1.54) is 23.6 Å². The Morgan fingerprint density at radius 2 is 1.50 bits per heavy atom. The normalized spacial score (nSPS) is 22.5. The van der Waals surface area contributed by atoms with Gasteiger partial charge in [0.05, 0.1) is 7.11 Å². The van der Waals surface area contributed by atoms with E-state index >= 15 is 0 Å². The summed E-state index contributed by atoms with van der Waals surface area (Å²) >= 11 is 0. The lowest BCUT2D eigenvalue weighted by Crippen LogP contribution is -2.66. The molecule has 0 bridgehead atoms. The third-order valence-electron chi connectivity index (χ3n) is 7.67. The lowest BCUT2D eigenvalue weighted by molar-refractivity contribution is -0.134. The van der Waals surface area contributed by atoms with E-state index in [-0.39, 0.29) is 34.0 Å². The van der Waals surface area contributed by atoms with Crippen LogP contribution in [0, 0.1) is 17.3 Å². The van der Waals surface area contributed by atoms with Crippen molar-refractivity contribution in [1.82, 2.24) is 0 Å². The number of esters is 1. The van der Waals surface area contributed by atoms with Gasteiger partial charge in [-0.1, -0.05) is 94.4 Å². The van der Waals surface area contributed by atoms with Gasteiger partial charge in [-0.2, -0.15) is 0 Å². The summed E-state index contributed by atoms with van der Waals surface area (Å²) in [4.78, 5) is 24.0. The first-order chi connectivity index (χ1) is 16.1. The van der Waals surface area contributed by atoms with E-state index in [0.29, 0.717) is 6.61 Å². The molecule has 0 aliphatic heterocycles. The van der Waals surface area contributed by atoms with Crippen molar-refractivity contribution in [2.45, 2.75) is 52.5 Å². The highest BCUT2D eigenvalue weighted by Crippen LogP contribution is 2.61. The predicted octanol–water partition coefficient (Wildman–Crippen LogP) is 4.91. The van der Waals surface area contributed by atoms with E-state index in [1.54, 1.807) is 6.92 Å². The summed E-state index contributed by atoms with van der Waals surface area (Å²) in [6.07, 6.45) is 4.88. The SMILES string of the molecule is COC(=O)/C=C/CC[C@@H]1[C@@H](CO[Si](c2ccccc2)(c2ccccc2)C(C)(C)C)[C@]1(C)C(C)=O. The third-order valence-corrected chi connectivity index (χ3v) is 12.7. The number of Topliss-reactive ketones (excluding diaryl/α,β-unsaturated/α-hetero) is 1. The van der Waals surface area contributed by atoms with E-state index in [9.17, 15) is 9.59 Å². The van der Waals surface area contributed by atoms with Crippen LogP contribution < -0.4 is 10.4 Å². The third kappa shape index (κ3) is 4.96. The molecule has 34 heavy (non-hydrogen) atoms. The lowest BCUT2D eigenvalue weighted by atomic mass is 9.98. The second-order valence-corrected chi connectivity index (χ2v) is 14.8. The Morgan fingerprint density at radius 1 is 0.971 bits per heavy atom.